The van der Waals surface area contributed by atoms with Crippen LogP contribution in [0.3, 0.4) is 0 Å². The van der Waals surface area contributed by atoms with Crippen molar-refractivity contribution < 1.29 is 13.9 Å². The predicted octanol–water partition coefficient (Wildman–Crippen LogP) is 3.05. The summed E-state index contributed by atoms with van der Waals surface area (Å²) in [5, 5.41) is 0. The van der Waals surface area contributed by atoms with Crippen molar-refractivity contribution in [1.29, 1.82) is 0 Å². The molecule has 0 saturated heterocycles. The summed E-state index contributed by atoms with van der Waals surface area (Å²) < 4.78 is 10.8. The van der Waals surface area contributed by atoms with Crippen molar-refractivity contribution >= 4 is 11.9 Å². The first-order valence-corrected chi connectivity index (χ1v) is 9.56. The normalized spacial score (nSPS) is 21.2. The molecule has 1 atom stereocenters. The van der Waals surface area contributed by atoms with Gasteiger partial charge in [0.05, 0.1) is 25.7 Å². The largest absolute Gasteiger partial charge is 0.472 e. The summed E-state index contributed by atoms with van der Waals surface area (Å²) in [6, 6.07) is 15.8. The smallest absolute Gasteiger partial charge is 0.266 e. The molecule has 6 heteroatoms. The van der Waals surface area contributed by atoms with Crippen molar-refractivity contribution in [3.8, 4) is 11.1 Å². The van der Waals surface area contributed by atoms with Crippen molar-refractivity contribution in [3.05, 3.63) is 83.3 Å². The van der Waals surface area contributed by atoms with Gasteiger partial charge < -0.3 is 14.9 Å². The highest BCUT2D eigenvalue weighted by Crippen LogP contribution is 2.41. The number of hydrogen-bond acceptors (Lipinski definition) is 5. The zero-order chi connectivity index (χ0) is 20.0. The summed E-state index contributed by atoms with van der Waals surface area (Å²) >= 11 is 0. The van der Waals surface area contributed by atoms with E-state index in [1.807, 2.05) is 42.5 Å². The number of aliphatic imine (C=N–C) groups is 1. The van der Waals surface area contributed by atoms with E-state index in [-0.39, 0.29) is 11.9 Å². The number of furan rings is 1. The van der Waals surface area contributed by atoms with Crippen molar-refractivity contribution in [2.24, 2.45) is 10.7 Å². The van der Waals surface area contributed by atoms with Crippen LogP contribution < -0.4 is 5.73 Å². The molecule has 5 rings (SSSR count). The van der Waals surface area contributed by atoms with E-state index in [9.17, 15) is 4.79 Å². The maximum absolute atomic E-state index is 13.5. The molecule has 6 nitrogen and oxygen atoms in total. The summed E-state index contributed by atoms with van der Waals surface area (Å²) in [5.74, 6) is 0.0358. The van der Waals surface area contributed by atoms with Gasteiger partial charge in [-0.15, -0.1) is 0 Å². The molecule has 1 aromatic heterocycles. The Morgan fingerprint density at radius 2 is 1.93 bits per heavy atom. The Morgan fingerprint density at radius 1 is 1.07 bits per heavy atom. The highest BCUT2D eigenvalue weighted by atomic mass is 16.5. The summed E-state index contributed by atoms with van der Waals surface area (Å²) in [7, 11) is 1.66. The van der Waals surface area contributed by atoms with Gasteiger partial charge in [0.2, 0.25) is 0 Å². The minimum atomic E-state index is -1.22. The second-order valence-corrected chi connectivity index (χ2v) is 7.42. The standard InChI is InChI=1S/C23H21N3O3/c1-26-21(27)23(25-22(26)24,20-6-5-15-7-9-29-14-18(15)12-20)19-4-2-3-16(11-19)17-8-10-28-13-17/h2-6,8,10-13H,7,9,14H2,1H3,(H2,24,25). The van der Waals surface area contributed by atoms with Crippen LogP contribution in [0.15, 0.2) is 70.5 Å². The van der Waals surface area contributed by atoms with Crippen molar-refractivity contribution in [3.63, 3.8) is 0 Å². The third kappa shape index (κ3) is 2.68. The first-order valence-electron chi connectivity index (χ1n) is 9.56. The Morgan fingerprint density at radius 3 is 2.69 bits per heavy atom. The maximum atomic E-state index is 13.5. The Hall–Kier alpha value is -3.38. The van der Waals surface area contributed by atoms with E-state index >= 15 is 0 Å². The van der Waals surface area contributed by atoms with Gasteiger partial charge in [0.1, 0.15) is 0 Å². The Kier molecular flexibility index (Phi) is 4.03. The second-order valence-electron chi connectivity index (χ2n) is 7.42. The van der Waals surface area contributed by atoms with Gasteiger partial charge in [-0.2, -0.15) is 0 Å². The first kappa shape index (κ1) is 17.7. The fraction of sp³-hybridized carbons (Fsp3) is 0.217. The van der Waals surface area contributed by atoms with Gasteiger partial charge in [-0.3, -0.25) is 9.69 Å². The number of hydrogen-bond donors (Lipinski definition) is 1. The van der Waals surface area contributed by atoms with Crippen molar-refractivity contribution in [2.75, 3.05) is 13.7 Å². The molecule has 1 unspecified atom stereocenters. The number of rotatable bonds is 3. The topological polar surface area (TPSA) is 81.1 Å². The Bertz CT molecular complexity index is 1120. The first-order chi connectivity index (χ1) is 14.1. The van der Waals surface area contributed by atoms with Gasteiger partial charge in [-0.25, -0.2) is 4.99 Å². The number of guanidine groups is 1. The number of amides is 1. The van der Waals surface area contributed by atoms with Crippen LogP contribution in [0, 0.1) is 0 Å². The highest BCUT2D eigenvalue weighted by molar-refractivity contribution is 6.09. The molecule has 0 aliphatic carbocycles. The summed E-state index contributed by atoms with van der Waals surface area (Å²) in [6.45, 7) is 1.26. The van der Waals surface area contributed by atoms with Crippen LogP contribution in [0.4, 0.5) is 0 Å². The molecule has 2 aliphatic rings. The Labute approximate surface area is 168 Å². The van der Waals surface area contributed by atoms with E-state index < -0.39 is 5.54 Å². The number of nitrogens with zero attached hydrogens (tertiary/aromatic N) is 2. The lowest BCUT2D eigenvalue weighted by Crippen LogP contribution is -2.41. The number of ether oxygens (including phenoxy) is 1. The van der Waals surface area contributed by atoms with E-state index in [0.717, 1.165) is 40.8 Å². The van der Waals surface area contributed by atoms with Crippen molar-refractivity contribution in [1.82, 2.24) is 4.90 Å². The zero-order valence-electron chi connectivity index (χ0n) is 16.1. The van der Waals surface area contributed by atoms with Gasteiger partial charge in [0, 0.05) is 12.6 Å². The number of likely N-dealkylation sites (N-methyl/N-ethyl adjacent to an activating group) is 1. The fourth-order valence-corrected chi connectivity index (χ4v) is 4.13. The molecule has 0 radical (unpaired) electrons. The number of carbonyl (C=O) groups excluding carboxylic acids is 1. The quantitative estimate of drug-likeness (QED) is 0.749. The molecule has 0 spiro atoms. The minimum Gasteiger partial charge on any atom is -0.472 e. The number of nitrogens with two attached hydrogens (primary N) is 1. The molecule has 0 bridgehead atoms. The summed E-state index contributed by atoms with van der Waals surface area (Å²) in [4.78, 5) is 19.6. The average molecular weight is 387 g/mol. The average Bonchev–Trinajstić information content (AvgIpc) is 3.38. The lowest BCUT2D eigenvalue weighted by Gasteiger charge is -2.28. The van der Waals surface area contributed by atoms with E-state index in [1.54, 1.807) is 19.6 Å². The predicted molar refractivity (Wildman–Crippen MR) is 109 cm³/mol. The van der Waals surface area contributed by atoms with Gasteiger partial charge in [0.15, 0.2) is 11.5 Å². The lowest BCUT2D eigenvalue weighted by atomic mass is 9.80. The molecular formula is C23H21N3O3. The molecule has 1 amide bonds. The second kappa shape index (κ2) is 6.60. The maximum Gasteiger partial charge on any atom is 0.266 e. The Balaban J connectivity index is 1.72. The minimum absolute atomic E-state index is 0.170. The molecular weight excluding hydrogens is 366 g/mol. The van der Waals surface area contributed by atoms with Gasteiger partial charge in [0.25, 0.3) is 5.91 Å². The lowest BCUT2D eigenvalue weighted by molar-refractivity contribution is -0.129. The molecule has 3 aromatic rings. The third-order valence-corrected chi connectivity index (χ3v) is 5.77. The van der Waals surface area contributed by atoms with Crippen LogP contribution in [0.1, 0.15) is 22.3 Å². The number of benzene rings is 2. The molecule has 0 fully saturated rings. The van der Waals surface area contributed by atoms with Crippen LogP contribution in [0.5, 0.6) is 0 Å². The number of fused-ring (bicyclic) bond motifs is 1. The molecule has 146 valence electrons. The van der Waals surface area contributed by atoms with Crippen LogP contribution in [-0.4, -0.2) is 30.4 Å². The van der Waals surface area contributed by atoms with Crippen molar-refractivity contribution in [2.45, 2.75) is 18.6 Å². The van der Waals surface area contributed by atoms with E-state index in [4.69, 9.17) is 19.9 Å². The summed E-state index contributed by atoms with van der Waals surface area (Å²) in [6.07, 6.45) is 4.19. The molecule has 2 aromatic carbocycles. The molecule has 2 aliphatic heterocycles. The molecule has 0 saturated carbocycles. The fourth-order valence-electron chi connectivity index (χ4n) is 4.13. The molecule has 2 N–H and O–H groups in total. The van der Waals surface area contributed by atoms with E-state index in [1.165, 1.54) is 10.5 Å². The van der Waals surface area contributed by atoms with E-state index in [0.29, 0.717) is 6.61 Å². The number of carbonyl (C=O) groups is 1. The monoisotopic (exact) mass is 387 g/mol. The third-order valence-electron chi connectivity index (χ3n) is 5.77. The van der Waals surface area contributed by atoms with E-state index in [2.05, 4.69) is 6.07 Å². The zero-order valence-corrected chi connectivity index (χ0v) is 16.1. The van der Waals surface area contributed by atoms with Crippen LogP contribution in [-0.2, 0) is 28.1 Å². The molecule has 29 heavy (non-hydrogen) atoms. The highest BCUT2D eigenvalue weighted by Gasteiger charge is 2.49. The van der Waals surface area contributed by atoms with Crippen LogP contribution in [0.25, 0.3) is 11.1 Å². The van der Waals surface area contributed by atoms with Gasteiger partial charge >= 0.3 is 0 Å². The van der Waals surface area contributed by atoms with Gasteiger partial charge in [-0.1, -0.05) is 30.3 Å². The van der Waals surface area contributed by atoms with Crippen LogP contribution in [0.2, 0.25) is 0 Å². The van der Waals surface area contributed by atoms with Crippen LogP contribution >= 0.6 is 0 Å². The van der Waals surface area contributed by atoms with Gasteiger partial charge in [-0.05, 0) is 52.4 Å². The molecule has 3 heterocycles. The summed E-state index contributed by atoms with van der Waals surface area (Å²) in [5.41, 5.74) is 10.7. The SMILES string of the molecule is CN1C(=O)C(c2cccc(-c3ccoc3)c2)(c2ccc3c(c2)COCC3)N=C1N.